The molecule has 0 aliphatic heterocycles. The number of rotatable bonds is 2. The zero-order valence-corrected chi connectivity index (χ0v) is 8.16. The van der Waals surface area contributed by atoms with Gasteiger partial charge in [-0.05, 0) is 12.1 Å². The van der Waals surface area contributed by atoms with E-state index in [4.69, 9.17) is 5.11 Å². The third-order valence-corrected chi connectivity index (χ3v) is 1.26. The molecule has 0 aromatic heterocycles. The van der Waals surface area contributed by atoms with Gasteiger partial charge >= 0.3 is 37.7 Å². The Labute approximate surface area is 109 Å². The van der Waals surface area contributed by atoms with Crippen LogP contribution in [-0.4, -0.2) is 12.4 Å². The van der Waals surface area contributed by atoms with Gasteiger partial charge in [-0.3, -0.25) is 0 Å². The first-order valence-electron chi connectivity index (χ1n) is 3.17. The van der Waals surface area contributed by atoms with Crippen molar-refractivity contribution in [3.8, 4) is 11.5 Å². The Kier molecular flexibility index (Phi) is 8.27. The van der Waals surface area contributed by atoms with Gasteiger partial charge in [0.25, 0.3) is 0 Å². The minimum atomic E-state index is -2.70. The first-order valence-corrected chi connectivity index (χ1v) is 3.17. The predicted molar refractivity (Wildman–Crippen MR) is 34.4 cm³/mol. The van der Waals surface area contributed by atoms with Crippen molar-refractivity contribution in [1.82, 2.24) is 0 Å². The van der Waals surface area contributed by atoms with E-state index >= 15 is 0 Å². The van der Waals surface area contributed by atoms with Gasteiger partial charge in [0.1, 0.15) is 13.1 Å². The van der Waals surface area contributed by atoms with Crippen molar-refractivity contribution in [2.24, 2.45) is 0 Å². The smallest absolute Gasteiger partial charge is 0.860 e. The predicted octanol–water partition coefficient (Wildman–Crippen LogP) is -7.24. The fraction of sp³-hybridized carbons (Fsp3) is 0. The second kappa shape index (κ2) is 7.19. The molecule has 0 saturated heterocycles. The molecule has 4 nitrogen and oxygen atoms in total. The molecule has 1 rings (SSSR count). The summed E-state index contributed by atoms with van der Waals surface area (Å²) in [6.45, 7) is 0. The number of phenols is 1. The van der Waals surface area contributed by atoms with E-state index in [0.29, 0.717) is 6.07 Å². The molecule has 0 aliphatic carbocycles. The second-order valence-electron chi connectivity index (χ2n) is 2.11. The summed E-state index contributed by atoms with van der Waals surface area (Å²) in [6.07, 6.45) is 0. The molecule has 0 unspecified atom stereocenters. The van der Waals surface area contributed by atoms with Crippen LogP contribution in [0.1, 0.15) is 0 Å². The maximum Gasteiger partial charge on any atom is 1.00 e. The second-order valence-corrected chi connectivity index (χ2v) is 2.11. The van der Waals surface area contributed by atoms with Gasteiger partial charge in [-0.1, -0.05) is 0 Å². The first kappa shape index (κ1) is 17.3. The normalized spacial score (nSPS) is 8.53. The van der Waals surface area contributed by atoms with Gasteiger partial charge < -0.3 is 19.8 Å². The van der Waals surface area contributed by atoms with E-state index in [1.54, 1.807) is 0 Å². The van der Waals surface area contributed by atoms with Crippen LogP contribution in [0, 0.1) is 11.6 Å². The van der Waals surface area contributed by atoms with Crippen LogP contribution < -0.4 is 52.4 Å². The van der Waals surface area contributed by atoms with Crippen molar-refractivity contribution in [2.45, 2.75) is 0 Å². The van der Waals surface area contributed by atoms with Gasteiger partial charge in [-0.15, -0.1) is 0 Å². The zero-order valence-electron chi connectivity index (χ0n) is 8.16. The van der Waals surface area contributed by atoms with Crippen LogP contribution in [0.4, 0.5) is 8.78 Å². The monoisotopic (exact) mass is 202 g/mol. The van der Waals surface area contributed by atoms with Gasteiger partial charge in [0.05, 0.1) is 0 Å². The van der Waals surface area contributed by atoms with Crippen molar-refractivity contribution in [1.29, 1.82) is 0 Å². The SMILES string of the molecule is [Li+].[Li+].[O-]B([O-])Oc1ccc(F)c(F)c1O. The molecule has 0 spiro atoms. The number of phenolic OH excluding ortho intramolecular Hbond substituents is 1. The summed E-state index contributed by atoms with van der Waals surface area (Å²) in [4.78, 5) is 0. The van der Waals surface area contributed by atoms with Crippen LogP contribution in [-0.2, 0) is 0 Å². The standard InChI is InChI=1S/C6H3BF2O4.2Li/c8-3-1-2-4(13-7(11)12)6(10)5(3)9;;/h1-2,10H;;/q-2;2*+1. The summed E-state index contributed by atoms with van der Waals surface area (Å²) in [6, 6.07) is 1.42. The maximum atomic E-state index is 12.5. The number of halogens is 2. The fourth-order valence-electron chi connectivity index (χ4n) is 0.721. The molecule has 0 aliphatic rings. The summed E-state index contributed by atoms with van der Waals surface area (Å²) in [7, 11) is -2.70. The van der Waals surface area contributed by atoms with E-state index in [1.807, 2.05) is 0 Å². The van der Waals surface area contributed by atoms with Gasteiger partial charge in [0.2, 0.25) is 5.82 Å². The zero-order chi connectivity index (χ0) is 10.0. The van der Waals surface area contributed by atoms with E-state index in [1.165, 1.54) is 0 Å². The number of aromatic hydroxyl groups is 1. The van der Waals surface area contributed by atoms with Crippen molar-refractivity contribution in [3.05, 3.63) is 23.8 Å². The number of hydrogen-bond acceptors (Lipinski definition) is 4. The summed E-state index contributed by atoms with van der Waals surface area (Å²) < 4.78 is 28.8. The Morgan fingerprint density at radius 1 is 1.20 bits per heavy atom. The van der Waals surface area contributed by atoms with Crippen LogP contribution in [0.3, 0.4) is 0 Å². The van der Waals surface area contributed by atoms with Crippen LogP contribution in [0.25, 0.3) is 0 Å². The molecular weight excluding hydrogens is 199 g/mol. The molecule has 1 N–H and O–H groups in total. The minimum Gasteiger partial charge on any atom is -0.860 e. The summed E-state index contributed by atoms with van der Waals surface area (Å²) >= 11 is 0. The maximum absolute atomic E-state index is 12.5. The molecule has 0 heterocycles. The quantitative estimate of drug-likeness (QED) is 0.483. The first-order chi connectivity index (χ1) is 6.02. The molecule has 0 atom stereocenters. The van der Waals surface area contributed by atoms with E-state index in [9.17, 15) is 18.8 Å². The van der Waals surface area contributed by atoms with Crippen molar-refractivity contribution in [3.63, 3.8) is 0 Å². The van der Waals surface area contributed by atoms with Crippen LogP contribution in [0.5, 0.6) is 11.5 Å². The Morgan fingerprint density at radius 2 is 1.73 bits per heavy atom. The van der Waals surface area contributed by atoms with E-state index < -0.39 is 30.5 Å². The topological polar surface area (TPSA) is 75.6 Å². The summed E-state index contributed by atoms with van der Waals surface area (Å²) in [5.74, 6) is -4.71. The summed E-state index contributed by atoms with van der Waals surface area (Å²) in [5.41, 5.74) is 0. The largest absolute Gasteiger partial charge is 1.00 e. The molecule has 0 fully saturated rings. The Bertz CT molecular complexity index is 326. The Morgan fingerprint density at radius 3 is 2.20 bits per heavy atom. The summed E-state index contributed by atoms with van der Waals surface area (Å²) in [5, 5.41) is 28.7. The number of hydrogen-bond donors (Lipinski definition) is 1. The van der Waals surface area contributed by atoms with Crippen LogP contribution in [0.15, 0.2) is 12.1 Å². The Balaban J connectivity index is 0. The van der Waals surface area contributed by atoms with E-state index in [2.05, 4.69) is 4.65 Å². The molecule has 9 heteroatoms. The molecule has 0 bridgehead atoms. The third kappa shape index (κ3) is 4.48. The van der Waals surface area contributed by atoms with Crippen LogP contribution in [0.2, 0.25) is 0 Å². The molecule has 15 heavy (non-hydrogen) atoms. The van der Waals surface area contributed by atoms with Crippen molar-refractivity contribution < 1.29 is 66.3 Å². The Hall–Kier alpha value is -0.140. The van der Waals surface area contributed by atoms with Gasteiger partial charge in [-0.25, -0.2) is 4.39 Å². The van der Waals surface area contributed by atoms with Gasteiger partial charge in [0.15, 0.2) is 11.6 Å². The molecule has 1 aromatic carbocycles. The van der Waals surface area contributed by atoms with Gasteiger partial charge in [-0.2, -0.15) is 4.39 Å². The average molecular weight is 202 g/mol. The molecule has 0 saturated carbocycles. The van der Waals surface area contributed by atoms with Crippen molar-refractivity contribution in [2.75, 3.05) is 0 Å². The van der Waals surface area contributed by atoms with E-state index in [0.717, 1.165) is 6.07 Å². The fourth-order valence-corrected chi connectivity index (χ4v) is 0.721. The molecule has 1 aromatic rings. The van der Waals surface area contributed by atoms with Crippen LogP contribution >= 0.6 is 0 Å². The molecule has 0 amide bonds. The molecule has 0 radical (unpaired) electrons. The number of benzene rings is 1. The molecular formula is C6H3BF2Li2O4. The van der Waals surface area contributed by atoms with Crippen molar-refractivity contribution >= 4 is 7.32 Å². The minimum absolute atomic E-state index is 0. The van der Waals surface area contributed by atoms with Gasteiger partial charge in [0, 0.05) is 0 Å². The average Bonchev–Trinajstić information content (AvgIpc) is 2.06. The molecule has 70 valence electrons. The van der Waals surface area contributed by atoms with E-state index in [-0.39, 0.29) is 37.7 Å². The third-order valence-electron chi connectivity index (χ3n) is 1.26.